The molecule has 144 valence electrons. The Morgan fingerprint density at radius 3 is 2.78 bits per heavy atom. The number of hydrogen-bond donors (Lipinski definition) is 1. The number of para-hydroxylation sites is 1. The second kappa shape index (κ2) is 8.59. The van der Waals surface area contributed by atoms with Crippen LogP contribution in [0.5, 0.6) is 11.5 Å². The van der Waals surface area contributed by atoms with Crippen molar-refractivity contribution in [2.45, 2.75) is 32.9 Å². The van der Waals surface area contributed by atoms with Crippen molar-refractivity contribution in [2.75, 3.05) is 26.3 Å². The molecule has 4 heteroatoms. The fourth-order valence-corrected chi connectivity index (χ4v) is 3.19. The lowest BCUT2D eigenvalue weighted by Crippen LogP contribution is -2.30. The monoisotopic (exact) mass is 367 g/mol. The fraction of sp³-hybridized carbons (Fsp3) is 0.391. The molecule has 0 aliphatic carbocycles. The summed E-state index contributed by atoms with van der Waals surface area (Å²) in [6.07, 6.45) is 2.15. The molecular formula is C23H29NO3. The zero-order chi connectivity index (χ0) is 19.3. The molecule has 0 radical (unpaired) electrons. The van der Waals surface area contributed by atoms with Gasteiger partial charge in [0.25, 0.3) is 0 Å². The van der Waals surface area contributed by atoms with Gasteiger partial charge in [0, 0.05) is 25.2 Å². The molecule has 1 aliphatic heterocycles. The fourth-order valence-electron chi connectivity index (χ4n) is 3.19. The molecule has 0 amide bonds. The van der Waals surface area contributed by atoms with Crippen LogP contribution in [0.1, 0.15) is 31.9 Å². The highest BCUT2D eigenvalue weighted by Crippen LogP contribution is 2.30. The molecule has 1 N–H and O–H groups in total. The van der Waals surface area contributed by atoms with E-state index in [0.29, 0.717) is 6.61 Å². The summed E-state index contributed by atoms with van der Waals surface area (Å²) in [6.45, 7) is 9.50. The van der Waals surface area contributed by atoms with Crippen LogP contribution in [0.25, 0.3) is 0 Å². The molecule has 0 saturated heterocycles. The van der Waals surface area contributed by atoms with E-state index in [0.717, 1.165) is 42.3 Å². The van der Waals surface area contributed by atoms with Crippen molar-refractivity contribution < 1.29 is 14.6 Å². The standard InChI is InChI=1S/C23H29NO3/c1-4-18(2)15-24-12-13-26-22-11-10-20(14-19(22)16-24)23(3,25)17-27-21-8-6-5-7-9-21/h4-11,14,25H,12-13,15-17H2,1-3H3. The summed E-state index contributed by atoms with van der Waals surface area (Å²) in [5.74, 6) is 1.66. The first-order valence-corrected chi connectivity index (χ1v) is 9.48. The maximum absolute atomic E-state index is 11.0. The van der Waals surface area contributed by atoms with Crippen LogP contribution in [0.3, 0.4) is 0 Å². The Balaban J connectivity index is 1.75. The zero-order valence-corrected chi connectivity index (χ0v) is 16.4. The van der Waals surface area contributed by atoms with Gasteiger partial charge in [0.05, 0.1) is 0 Å². The van der Waals surface area contributed by atoms with E-state index < -0.39 is 5.60 Å². The van der Waals surface area contributed by atoms with E-state index in [-0.39, 0.29) is 6.61 Å². The Morgan fingerprint density at radius 2 is 2.04 bits per heavy atom. The molecule has 3 rings (SSSR count). The van der Waals surface area contributed by atoms with Gasteiger partial charge in [0.2, 0.25) is 0 Å². The third kappa shape index (κ3) is 5.12. The van der Waals surface area contributed by atoms with Crippen molar-refractivity contribution in [1.29, 1.82) is 0 Å². The number of nitrogens with zero attached hydrogens (tertiary/aromatic N) is 1. The number of allylic oxidation sites excluding steroid dienone is 1. The molecule has 0 fully saturated rings. The summed E-state index contributed by atoms with van der Waals surface area (Å²) in [5, 5.41) is 11.0. The van der Waals surface area contributed by atoms with Gasteiger partial charge in [-0.15, -0.1) is 0 Å². The van der Waals surface area contributed by atoms with E-state index in [1.165, 1.54) is 5.57 Å². The Labute approximate surface area is 162 Å². The van der Waals surface area contributed by atoms with Gasteiger partial charge in [-0.2, -0.15) is 0 Å². The van der Waals surface area contributed by atoms with Gasteiger partial charge in [-0.05, 0) is 50.6 Å². The summed E-state index contributed by atoms with van der Waals surface area (Å²) >= 11 is 0. The van der Waals surface area contributed by atoms with E-state index >= 15 is 0 Å². The van der Waals surface area contributed by atoms with Crippen molar-refractivity contribution in [3.63, 3.8) is 0 Å². The SMILES string of the molecule is CC=C(C)CN1CCOc2ccc(C(C)(O)COc3ccccc3)cc2C1. The first kappa shape index (κ1) is 19.5. The first-order valence-electron chi connectivity index (χ1n) is 9.48. The number of rotatable bonds is 6. The molecule has 4 nitrogen and oxygen atoms in total. The Kier molecular flexibility index (Phi) is 6.19. The smallest absolute Gasteiger partial charge is 0.123 e. The van der Waals surface area contributed by atoms with Crippen LogP contribution in [0, 0.1) is 0 Å². The summed E-state index contributed by atoms with van der Waals surface area (Å²) in [5.41, 5.74) is 2.21. The second-order valence-electron chi connectivity index (χ2n) is 7.39. The third-order valence-electron chi connectivity index (χ3n) is 4.97. The van der Waals surface area contributed by atoms with Crippen molar-refractivity contribution in [3.8, 4) is 11.5 Å². The maximum atomic E-state index is 11.0. The molecule has 0 aromatic heterocycles. The van der Waals surface area contributed by atoms with Gasteiger partial charge in [-0.3, -0.25) is 4.90 Å². The third-order valence-corrected chi connectivity index (χ3v) is 4.97. The quantitative estimate of drug-likeness (QED) is 0.780. The first-order chi connectivity index (χ1) is 13.0. The topological polar surface area (TPSA) is 41.9 Å². The van der Waals surface area contributed by atoms with Crippen LogP contribution >= 0.6 is 0 Å². The van der Waals surface area contributed by atoms with Crippen molar-refractivity contribution >= 4 is 0 Å². The molecule has 0 spiro atoms. The van der Waals surface area contributed by atoms with E-state index in [4.69, 9.17) is 9.47 Å². The second-order valence-corrected chi connectivity index (χ2v) is 7.39. The number of aliphatic hydroxyl groups is 1. The van der Waals surface area contributed by atoms with Gasteiger partial charge in [-0.1, -0.05) is 35.9 Å². The number of fused-ring (bicyclic) bond motifs is 1. The van der Waals surface area contributed by atoms with E-state index in [1.54, 1.807) is 6.92 Å². The average Bonchev–Trinajstić information content (AvgIpc) is 2.88. The summed E-state index contributed by atoms with van der Waals surface area (Å²) < 4.78 is 11.7. The highest BCUT2D eigenvalue weighted by Gasteiger charge is 2.26. The highest BCUT2D eigenvalue weighted by molar-refractivity contribution is 5.40. The maximum Gasteiger partial charge on any atom is 0.123 e. The molecule has 27 heavy (non-hydrogen) atoms. The van der Waals surface area contributed by atoms with Crippen LogP contribution in [0.15, 0.2) is 60.2 Å². The van der Waals surface area contributed by atoms with Crippen molar-refractivity contribution in [2.24, 2.45) is 0 Å². The van der Waals surface area contributed by atoms with Crippen LogP contribution in [0.2, 0.25) is 0 Å². The van der Waals surface area contributed by atoms with Crippen LogP contribution in [0.4, 0.5) is 0 Å². The molecule has 1 unspecified atom stereocenters. The lowest BCUT2D eigenvalue weighted by atomic mass is 9.94. The Morgan fingerprint density at radius 1 is 1.26 bits per heavy atom. The van der Waals surface area contributed by atoms with Crippen LogP contribution in [-0.4, -0.2) is 36.3 Å². The molecule has 1 heterocycles. The zero-order valence-electron chi connectivity index (χ0n) is 16.4. The minimum absolute atomic E-state index is 0.193. The van der Waals surface area contributed by atoms with Crippen LogP contribution in [-0.2, 0) is 12.1 Å². The molecule has 2 aromatic carbocycles. The van der Waals surface area contributed by atoms with Crippen LogP contribution < -0.4 is 9.47 Å². The number of hydrogen-bond acceptors (Lipinski definition) is 4. The average molecular weight is 367 g/mol. The van der Waals surface area contributed by atoms with Gasteiger partial charge in [0.15, 0.2) is 0 Å². The number of benzene rings is 2. The van der Waals surface area contributed by atoms with E-state index in [2.05, 4.69) is 24.8 Å². The van der Waals surface area contributed by atoms with Crippen molar-refractivity contribution in [1.82, 2.24) is 4.90 Å². The molecule has 0 bridgehead atoms. The van der Waals surface area contributed by atoms with Gasteiger partial charge in [-0.25, -0.2) is 0 Å². The van der Waals surface area contributed by atoms with Gasteiger partial charge < -0.3 is 14.6 Å². The lowest BCUT2D eigenvalue weighted by Gasteiger charge is -2.25. The summed E-state index contributed by atoms with van der Waals surface area (Å²) in [7, 11) is 0. The normalized spacial score (nSPS) is 17.4. The minimum Gasteiger partial charge on any atom is -0.492 e. The van der Waals surface area contributed by atoms with E-state index in [9.17, 15) is 5.11 Å². The lowest BCUT2D eigenvalue weighted by molar-refractivity contribution is 0.00748. The van der Waals surface area contributed by atoms with Gasteiger partial charge in [0.1, 0.15) is 30.3 Å². The van der Waals surface area contributed by atoms with E-state index in [1.807, 2.05) is 48.5 Å². The Bertz CT molecular complexity index is 783. The van der Waals surface area contributed by atoms with Crippen molar-refractivity contribution in [3.05, 3.63) is 71.3 Å². The summed E-state index contributed by atoms with van der Waals surface area (Å²) in [6, 6.07) is 15.5. The Hall–Kier alpha value is -2.30. The minimum atomic E-state index is -1.08. The molecule has 0 saturated carbocycles. The predicted octanol–water partition coefficient (Wildman–Crippen LogP) is 4.13. The number of ether oxygens (including phenoxy) is 2. The highest BCUT2D eigenvalue weighted by atomic mass is 16.5. The predicted molar refractivity (Wildman–Crippen MR) is 108 cm³/mol. The molecule has 1 atom stereocenters. The molecular weight excluding hydrogens is 338 g/mol. The molecule has 2 aromatic rings. The largest absolute Gasteiger partial charge is 0.492 e. The molecule has 1 aliphatic rings. The summed E-state index contributed by atoms with van der Waals surface area (Å²) in [4.78, 5) is 2.38. The van der Waals surface area contributed by atoms with Gasteiger partial charge >= 0.3 is 0 Å².